The first-order chi connectivity index (χ1) is 16.7. The van der Waals surface area contributed by atoms with E-state index in [1.165, 1.54) is 0 Å². The first kappa shape index (κ1) is 30.0. The zero-order valence-corrected chi connectivity index (χ0v) is 22.8. The highest BCUT2D eigenvalue weighted by Crippen LogP contribution is 2.49. The molecule has 0 aromatic heterocycles. The molecule has 1 heterocycles. The van der Waals surface area contributed by atoms with Crippen LogP contribution >= 0.6 is 11.6 Å². The van der Waals surface area contributed by atoms with Crippen LogP contribution in [0.15, 0.2) is 46.8 Å². The molecule has 2 atom stereocenters. The topological polar surface area (TPSA) is 154 Å². The fourth-order valence-electron chi connectivity index (χ4n) is 4.40. The molecule has 0 saturated carbocycles. The number of dihydropyridines is 1. The number of rotatable bonds is 7. The smallest absolute Gasteiger partial charge is 0.338 e. The zero-order chi connectivity index (χ0) is 27.3. The number of carbonyl (C=O) groups is 2. The SMILES string of the molecule is C=S(C)(=O)O.CCOC(=O)C1=C(COCCN)NC2=C(C(=O)CC(C)(C)C2)[C@]1(N)c1ccccc1Cl. The molecule has 0 saturated heterocycles. The summed E-state index contributed by atoms with van der Waals surface area (Å²) in [6.07, 6.45) is 2.06. The monoisotopic (exact) mass is 541 g/mol. The number of halogens is 1. The summed E-state index contributed by atoms with van der Waals surface area (Å²) in [7, 11) is -2.67. The van der Waals surface area contributed by atoms with E-state index >= 15 is 0 Å². The van der Waals surface area contributed by atoms with Gasteiger partial charge in [-0.05, 0) is 30.7 Å². The first-order valence-corrected chi connectivity index (χ1v) is 13.9. The average Bonchev–Trinajstić information content (AvgIpc) is 2.71. The Morgan fingerprint density at radius 3 is 2.47 bits per heavy atom. The second kappa shape index (κ2) is 11.9. The van der Waals surface area contributed by atoms with Crippen LogP contribution in [0.5, 0.6) is 0 Å². The molecular weight excluding hydrogens is 506 g/mol. The minimum absolute atomic E-state index is 0.0696. The van der Waals surface area contributed by atoms with Gasteiger partial charge in [0.2, 0.25) is 0 Å². The lowest BCUT2D eigenvalue weighted by Gasteiger charge is -2.45. The largest absolute Gasteiger partial charge is 0.463 e. The standard InChI is InChI=1S/C23H30ClN3O4.C2H6O2S/c1-4-31-21(29)20-17(13-30-10-9-25)27-16-11-22(2,3)12-18(28)19(16)23(20,26)14-7-5-6-8-15(14)24;1-5(2,3)4/h5-8,27H,4,9-13,25-26H2,1-3H3;1H2,2H3,(H,3,4)/t23-;/m1./s1. The van der Waals surface area contributed by atoms with Gasteiger partial charge in [0.05, 0.1) is 40.9 Å². The maximum Gasteiger partial charge on any atom is 0.338 e. The van der Waals surface area contributed by atoms with Crippen molar-refractivity contribution in [2.75, 3.05) is 32.6 Å². The van der Waals surface area contributed by atoms with Gasteiger partial charge in [0.25, 0.3) is 0 Å². The van der Waals surface area contributed by atoms with Crippen molar-refractivity contribution in [3.63, 3.8) is 0 Å². The Morgan fingerprint density at radius 2 is 1.92 bits per heavy atom. The number of hydrogen-bond donors (Lipinski definition) is 4. The minimum Gasteiger partial charge on any atom is -0.463 e. The van der Waals surface area contributed by atoms with Crippen molar-refractivity contribution in [1.29, 1.82) is 0 Å². The summed E-state index contributed by atoms with van der Waals surface area (Å²) in [6, 6.07) is 6.99. The lowest BCUT2D eigenvalue weighted by molar-refractivity contribution is -0.139. The van der Waals surface area contributed by atoms with Crippen LogP contribution in [0.25, 0.3) is 0 Å². The molecule has 1 aromatic carbocycles. The van der Waals surface area contributed by atoms with E-state index in [2.05, 4.69) is 11.2 Å². The molecule has 0 bridgehead atoms. The van der Waals surface area contributed by atoms with Gasteiger partial charge in [-0.2, -0.15) is 0 Å². The van der Waals surface area contributed by atoms with Gasteiger partial charge >= 0.3 is 5.97 Å². The summed E-state index contributed by atoms with van der Waals surface area (Å²) >= 11 is 6.55. The molecule has 1 aromatic rings. The Labute approximate surface area is 218 Å². The molecule has 0 fully saturated rings. The van der Waals surface area contributed by atoms with E-state index in [0.717, 1.165) is 6.26 Å². The van der Waals surface area contributed by atoms with E-state index in [1.807, 2.05) is 13.8 Å². The minimum atomic E-state index is -2.67. The molecule has 11 heteroatoms. The molecule has 1 aliphatic heterocycles. The van der Waals surface area contributed by atoms with Gasteiger partial charge in [0.1, 0.15) is 5.54 Å². The molecule has 0 amide bonds. The first-order valence-electron chi connectivity index (χ1n) is 11.5. The molecule has 0 spiro atoms. The predicted molar refractivity (Wildman–Crippen MR) is 143 cm³/mol. The number of esters is 1. The predicted octanol–water partition coefficient (Wildman–Crippen LogP) is 2.34. The van der Waals surface area contributed by atoms with Crippen molar-refractivity contribution in [1.82, 2.24) is 5.32 Å². The number of nitrogens with one attached hydrogen (secondary N) is 1. The quantitative estimate of drug-likeness (QED) is 0.231. The molecule has 6 N–H and O–H groups in total. The molecule has 3 rings (SSSR count). The van der Waals surface area contributed by atoms with Crippen LogP contribution in [-0.2, 0) is 34.4 Å². The summed E-state index contributed by atoms with van der Waals surface area (Å²) in [4.78, 5) is 26.6. The number of carbonyl (C=O) groups excluding carboxylic acids is 2. The van der Waals surface area contributed by atoms with E-state index < -0.39 is 21.3 Å². The fourth-order valence-corrected chi connectivity index (χ4v) is 4.68. The highest BCUT2D eigenvalue weighted by molar-refractivity contribution is 7.94. The summed E-state index contributed by atoms with van der Waals surface area (Å²) in [5.41, 5.74) is 12.9. The van der Waals surface area contributed by atoms with Crippen LogP contribution < -0.4 is 16.8 Å². The molecule has 1 aliphatic carbocycles. The van der Waals surface area contributed by atoms with Gasteiger partial charge in [-0.25, -0.2) is 9.00 Å². The highest BCUT2D eigenvalue weighted by atomic mass is 35.5. The maximum absolute atomic E-state index is 13.4. The Balaban J connectivity index is 0.000000830. The van der Waals surface area contributed by atoms with E-state index in [4.69, 9.17) is 37.1 Å². The average molecular weight is 542 g/mol. The van der Waals surface area contributed by atoms with Gasteiger partial charge in [0.15, 0.2) is 5.78 Å². The van der Waals surface area contributed by atoms with E-state index in [9.17, 15) is 13.8 Å². The third-order valence-corrected chi connectivity index (χ3v) is 5.88. The van der Waals surface area contributed by atoms with E-state index in [0.29, 0.717) is 53.5 Å². The fraction of sp³-hybridized carbons (Fsp3) is 0.480. The van der Waals surface area contributed by atoms with Crippen molar-refractivity contribution >= 4 is 39.0 Å². The lowest BCUT2D eigenvalue weighted by atomic mass is 9.65. The summed E-state index contributed by atoms with van der Waals surface area (Å²) in [5.74, 6) is 2.12. The van der Waals surface area contributed by atoms with Gasteiger partial charge in [-0.1, -0.05) is 43.6 Å². The van der Waals surface area contributed by atoms with Gasteiger partial charge in [-0.15, -0.1) is 0 Å². The van der Waals surface area contributed by atoms with Crippen molar-refractivity contribution < 1.29 is 27.8 Å². The molecule has 2 aliphatic rings. The molecule has 200 valence electrons. The Bertz CT molecular complexity index is 1170. The van der Waals surface area contributed by atoms with E-state index in [1.54, 1.807) is 31.2 Å². The molecule has 9 nitrogen and oxygen atoms in total. The number of nitrogens with two attached hydrogens (primary N) is 2. The van der Waals surface area contributed by atoms with Crippen LogP contribution in [0.3, 0.4) is 0 Å². The van der Waals surface area contributed by atoms with Gasteiger partial charge in [-0.3, -0.25) is 4.79 Å². The van der Waals surface area contributed by atoms with Crippen molar-refractivity contribution in [2.24, 2.45) is 16.9 Å². The van der Waals surface area contributed by atoms with Crippen LogP contribution in [-0.4, -0.2) is 59.0 Å². The normalized spacial score (nSPS) is 22.6. The summed E-state index contributed by atoms with van der Waals surface area (Å²) in [5, 5.41) is 3.64. The van der Waals surface area contributed by atoms with Crippen LogP contribution in [0, 0.1) is 5.41 Å². The Kier molecular flexibility index (Phi) is 9.91. The van der Waals surface area contributed by atoms with Crippen molar-refractivity contribution in [3.8, 4) is 0 Å². The molecule has 0 radical (unpaired) electrons. The number of benzene rings is 1. The third kappa shape index (κ3) is 7.18. The third-order valence-electron chi connectivity index (χ3n) is 5.55. The molecule has 36 heavy (non-hydrogen) atoms. The number of allylic oxidation sites excluding steroid dienone is 1. The number of ether oxygens (including phenoxy) is 2. The van der Waals surface area contributed by atoms with Gasteiger partial charge < -0.3 is 30.8 Å². The number of Topliss-reactive ketones (excluding diaryl/α,β-unsaturated/α-hetero) is 1. The van der Waals surface area contributed by atoms with E-state index in [-0.39, 0.29) is 30.0 Å². The second-order valence-electron chi connectivity index (χ2n) is 9.58. The van der Waals surface area contributed by atoms with Crippen molar-refractivity contribution in [3.05, 3.63) is 57.4 Å². The highest BCUT2D eigenvalue weighted by Gasteiger charge is 2.52. The number of ketones is 1. The Hall–Kier alpha value is -2.21. The zero-order valence-electron chi connectivity index (χ0n) is 21.2. The van der Waals surface area contributed by atoms with Crippen LogP contribution in [0.1, 0.15) is 39.2 Å². The summed E-state index contributed by atoms with van der Waals surface area (Å²) in [6.45, 7) is 6.64. The lowest BCUT2D eigenvalue weighted by Crippen LogP contribution is -2.54. The molecular formula is C25H36ClN3O6S. The van der Waals surface area contributed by atoms with Crippen LogP contribution in [0.4, 0.5) is 0 Å². The van der Waals surface area contributed by atoms with Crippen LogP contribution in [0.2, 0.25) is 5.02 Å². The second-order valence-corrected chi connectivity index (χ2v) is 11.9. The maximum atomic E-state index is 13.4. The number of hydrogen-bond acceptors (Lipinski definition) is 8. The van der Waals surface area contributed by atoms with Crippen molar-refractivity contribution in [2.45, 2.75) is 39.2 Å². The summed E-state index contributed by atoms with van der Waals surface area (Å²) < 4.78 is 28.6. The molecule has 1 unspecified atom stereocenters. The Morgan fingerprint density at radius 1 is 1.31 bits per heavy atom. The van der Waals surface area contributed by atoms with Gasteiger partial charge in [0, 0.05) is 41.1 Å².